The first-order chi connectivity index (χ1) is 11.9. The third kappa shape index (κ3) is 3.87. The van der Waals surface area contributed by atoms with Crippen molar-refractivity contribution in [3.05, 3.63) is 47.8 Å². The molecule has 1 aromatic heterocycles. The van der Waals surface area contributed by atoms with Gasteiger partial charge in [0, 0.05) is 24.8 Å². The van der Waals surface area contributed by atoms with E-state index in [-0.39, 0.29) is 18.2 Å². The Bertz CT molecular complexity index is 800. The molecule has 0 aliphatic carbocycles. The van der Waals surface area contributed by atoms with Crippen LogP contribution in [0.4, 0.5) is 10.1 Å². The second-order valence-corrected chi connectivity index (χ2v) is 6.69. The molecule has 25 heavy (non-hydrogen) atoms. The largest absolute Gasteiger partial charge is 0.350 e. The fourth-order valence-electron chi connectivity index (χ4n) is 3.02. The summed E-state index contributed by atoms with van der Waals surface area (Å²) in [5, 5.41) is 5.52. The summed E-state index contributed by atoms with van der Waals surface area (Å²) in [6, 6.07) is 4.06. The normalized spacial score (nSPS) is 16.5. The minimum absolute atomic E-state index is 0.00748. The highest BCUT2D eigenvalue weighted by Gasteiger charge is 2.31. The molecule has 0 saturated heterocycles. The van der Waals surface area contributed by atoms with Crippen molar-refractivity contribution in [2.75, 3.05) is 5.32 Å². The minimum Gasteiger partial charge on any atom is -0.350 e. The standard InChI is InChI=1S/C18H21FN4O2/c1-11(2)9-23-10-20-7-13(23)8-21-18(25)15-6-17(24)22-16-4-3-12(19)5-14(15)16/h3-5,7,10-11,15H,6,8-9H2,1-2H3,(H,21,25)(H,22,24). The molecule has 0 radical (unpaired) electrons. The summed E-state index contributed by atoms with van der Waals surface area (Å²) in [5.41, 5.74) is 1.89. The maximum atomic E-state index is 13.6. The van der Waals surface area contributed by atoms with Crippen molar-refractivity contribution in [3.63, 3.8) is 0 Å². The summed E-state index contributed by atoms with van der Waals surface area (Å²) >= 11 is 0. The molecule has 2 aromatic rings. The highest BCUT2D eigenvalue weighted by molar-refractivity contribution is 6.01. The maximum Gasteiger partial charge on any atom is 0.228 e. The Kier molecular flexibility index (Phi) is 4.83. The van der Waals surface area contributed by atoms with E-state index in [1.54, 1.807) is 12.5 Å². The van der Waals surface area contributed by atoms with Gasteiger partial charge in [0.25, 0.3) is 0 Å². The second kappa shape index (κ2) is 7.04. The number of aromatic nitrogens is 2. The Morgan fingerprint density at radius 3 is 3.04 bits per heavy atom. The monoisotopic (exact) mass is 344 g/mol. The predicted molar refractivity (Wildman–Crippen MR) is 91.3 cm³/mol. The van der Waals surface area contributed by atoms with E-state index in [1.165, 1.54) is 18.2 Å². The average molecular weight is 344 g/mol. The third-order valence-corrected chi connectivity index (χ3v) is 4.17. The first-order valence-corrected chi connectivity index (χ1v) is 8.30. The molecular weight excluding hydrogens is 323 g/mol. The lowest BCUT2D eigenvalue weighted by Crippen LogP contribution is -2.35. The molecule has 2 amide bonds. The summed E-state index contributed by atoms with van der Waals surface area (Å²) in [6.07, 6.45) is 3.46. The number of carbonyl (C=O) groups excluding carboxylic acids is 2. The van der Waals surface area contributed by atoms with Gasteiger partial charge in [-0.1, -0.05) is 13.8 Å². The van der Waals surface area contributed by atoms with Crippen LogP contribution in [0.5, 0.6) is 0 Å². The number of amides is 2. The topological polar surface area (TPSA) is 76.0 Å². The van der Waals surface area contributed by atoms with Crippen LogP contribution in [0.1, 0.15) is 37.4 Å². The predicted octanol–water partition coefficient (Wildman–Crippen LogP) is 2.42. The SMILES string of the molecule is CC(C)Cn1cncc1CNC(=O)C1CC(=O)Nc2ccc(F)cc21. The van der Waals surface area contributed by atoms with E-state index >= 15 is 0 Å². The molecule has 0 spiro atoms. The highest BCUT2D eigenvalue weighted by atomic mass is 19.1. The van der Waals surface area contributed by atoms with Crippen molar-refractivity contribution in [1.29, 1.82) is 0 Å². The lowest BCUT2D eigenvalue weighted by atomic mass is 9.89. The summed E-state index contributed by atoms with van der Waals surface area (Å²) in [6.45, 7) is 5.34. The van der Waals surface area contributed by atoms with Gasteiger partial charge in [0.15, 0.2) is 0 Å². The maximum absolute atomic E-state index is 13.6. The molecule has 1 aliphatic rings. The molecule has 0 saturated carbocycles. The Morgan fingerprint density at radius 1 is 1.48 bits per heavy atom. The molecule has 1 aliphatic heterocycles. The first-order valence-electron chi connectivity index (χ1n) is 8.30. The van der Waals surface area contributed by atoms with E-state index < -0.39 is 11.7 Å². The number of hydrogen-bond acceptors (Lipinski definition) is 3. The summed E-state index contributed by atoms with van der Waals surface area (Å²) in [4.78, 5) is 28.6. The van der Waals surface area contributed by atoms with Gasteiger partial charge in [0.05, 0.1) is 24.5 Å². The number of anilines is 1. The van der Waals surface area contributed by atoms with Gasteiger partial charge in [-0.25, -0.2) is 9.37 Å². The number of hydrogen-bond donors (Lipinski definition) is 2. The quantitative estimate of drug-likeness (QED) is 0.875. The van der Waals surface area contributed by atoms with Crippen LogP contribution in [0.3, 0.4) is 0 Å². The van der Waals surface area contributed by atoms with E-state index in [0.29, 0.717) is 23.7 Å². The molecule has 0 bridgehead atoms. The Labute approximate surface area is 145 Å². The Hall–Kier alpha value is -2.70. The molecule has 2 N–H and O–H groups in total. The van der Waals surface area contributed by atoms with Gasteiger partial charge in [0.2, 0.25) is 11.8 Å². The number of halogens is 1. The zero-order valence-corrected chi connectivity index (χ0v) is 14.3. The van der Waals surface area contributed by atoms with Crippen LogP contribution in [0.25, 0.3) is 0 Å². The number of fused-ring (bicyclic) bond motifs is 1. The second-order valence-electron chi connectivity index (χ2n) is 6.69. The molecular formula is C18H21FN4O2. The van der Waals surface area contributed by atoms with Crippen molar-refractivity contribution >= 4 is 17.5 Å². The van der Waals surface area contributed by atoms with Crippen LogP contribution in [-0.4, -0.2) is 21.4 Å². The number of imidazole rings is 1. The van der Waals surface area contributed by atoms with Crippen molar-refractivity contribution in [2.24, 2.45) is 5.92 Å². The molecule has 2 heterocycles. The van der Waals surface area contributed by atoms with Crippen molar-refractivity contribution < 1.29 is 14.0 Å². The van der Waals surface area contributed by atoms with Crippen LogP contribution >= 0.6 is 0 Å². The van der Waals surface area contributed by atoms with Crippen LogP contribution < -0.4 is 10.6 Å². The molecule has 1 unspecified atom stereocenters. The molecule has 7 heteroatoms. The van der Waals surface area contributed by atoms with Crippen LogP contribution in [0.2, 0.25) is 0 Å². The van der Waals surface area contributed by atoms with E-state index in [4.69, 9.17) is 0 Å². The van der Waals surface area contributed by atoms with Gasteiger partial charge >= 0.3 is 0 Å². The lowest BCUT2D eigenvalue weighted by molar-refractivity contribution is -0.126. The van der Waals surface area contributed by atoms with Crippen LogP contribution in [0.15, 0.2) is 30.7 Å². The molecule has 1 atom stereocenters. The molecule has 0 fully saturated rings. The van der Waals surface area contributed by atoms with Crippen molar-refractivity contribution in [1.82, 2.24) is 14.9 Å². The smallest absolute Gasteiger partial charge is 0.228 e. The van der Waals surface area contributed by atoms with Gasteiger partial charge in [-0.2, -0.15) is 0 Å². The average Bonchev–Trinajstić information content (AvgIpc) is 2.98. The fraction of sp³-hybridized carbons (Fsp3) is 0.389. The first kappa shape index (κ1) is 17.1. The molecule has 3 rings (SSSR count). The van der Waals surface area contributed by atoms with E-state index in [2.05, 4.69) is 29.5 Å². The Balaban J connectivity index is 1.73. The van der Waals surface area contributed by atoms with E-state index in [0.717, 1.165) is 12.2 Å². The third-order valence-electron chi connectivity index (χ3n) is 4.17. The van der Waals surface area contributed by atoms with Crippen molar-refractivity contribution in [2.45, 2.75) is 39.3 Å². The number of carbonyl (C=O) groups is 2. The minimum atomic E-state index is -0.694. The molecule has 6 nitrogen and oxygen atoms in total. The number of rotatable bonds is 5. The van der Waals surface area contributed by atoms with Gasteiger partial charge in [0.1, 0.15) is 5.82 Å². The van der Waals surface area contributed by atoms with Gasteiger partial charge in [-0.3, -0.25) is 9.59 Å². The van der Waals surface area contributed by atoms with Crippen LogP contribution in [0, 0.1) is 11.7 Å². The summed E-state index contributed by atoms with van der Waals surface area (Å²) in [5.74, 6) is -1.20. The summed E-state index contributed by atoms with van der Waals surface area (Å²) < 4.78 is 15.5. The number of benzene rings is 1. The summed E-state index contributed by atoms with van der Waals surface area (Å²) in [7, 11) is 0. The van der Waals surface area contributed by atoms with Gasteiger partial charge < -0.3 is 15.2 Å². The van der Waals surface area contributed by atoms with E-state index in [1.807, 2.05) is 4.57 Å². The zero-order valence-electron chi connectivity index (χ0n) is 14.3. The van der Waals surface area contributed by atoms with Gasteiger partial charge in [-0.15, -0.1) is 0 Å². The fourth-order valence-corrected chi connectivity index (χ4v) is 3.02. The van der Waals surface area contributed by atoms with Gasteiger partial charge in [-0.05, 0) is 29.7 Å². The highest BCUT2D eigenvalue weighted by Crippen LogP contribution is 2.32. The van der Waals surface area contributed by atoms with Crippen LogP contribution in [-0.2, 0) is 22.7 Å². The number of nitrogens with one attached hydrogen (secondary N) is 2. The lowest BCUT2D eigenvalue weighted by Gasteiger charge is -2.25. The Morgan fingerprint density at radius 2 is 2.28 bits per heavy atom. The number of nitrogens with zero attached hydrogens (tertiary/aromatic N) is 2. The molecule has 1 aromatic carbocycles. The van der Waals surface area contributed by atoms with Crippen molar-refractivity contribution in [3.8, 4) is 0 Å². The molecule has 132 valence electrons. The van der Waals surface area contributed by atoms with E-state index in [9.17, 15) is 14.0 Å². The zero-order chi connectivity index (χ0) is 18.0.